The number of benzene rings is 3. The van der Waals surface area contributed by atoms with Crippen LogP contribution in [0.5, 0.6) is 11.5 Å². The number of hydrogen-bond donors (Lipinski definition) is 2. The number of methoxy groups -OCH3 is 1. The molecule has 0 aliphatic rings. The molecule has 156 valence electrons. The second-order valence-corrected chi connectivity index (χ2v) is 7.63. The van der Waals surface area contributed by atoms with Gasteiger partial charge in [0.1, 0.15) is 6.61 Å². The van der Waals surface area contributed by atoms with Crippen LogP contribution >= 0.6 is 34.8 Å². The van der Waals surface area contributed by atoms with E-state index < -0.39 is 5.97 Å². The quantitative estimate of drug-likeness (QED) is 0.394. The lowest BCUT2D eigenvalue weighted by Gasteiger charge is -2.15. The van der Waals surface area contributed by atoms with Crippen molar-refractivity contribution in [2.24, 2.45) is 0 Å². The average molecular weight is 467 g/mol. The minimum atomic E-state index is -1.09. The molecule has 3 rings (SSSR count). The standard InChI is InChI=1S/C22H18Cl3NO4/c1-29-20-9-14(11-26-16-5-6-18(24)17(10-16)22(27)28)8-19(25)21(20)30-12-13-3-2-4-15(23)7-13/h2-10,26H,11-12H2,1H3,(H,27,28). The van der Waals surface area contributed by atoms with Gasteiger partial charge in [0, 0.05) is 17.3 Å². The first-order valence-electron chi connectivity index (χ1n) is 8.87. The summed E-state index contributed by atoms with van der Waals surface area (Å²) in [6.07, 6.45) is 0. The fourth-order valence-electron chi connectivity index (χ4n) is 2.80. The van der Waals surface area contributed by atoms with Crippen molar-refractivity contribution in [1.82, 2.24) is 0 Å². The van der Waals surface area contributed by atoms with Gasteiger partial charge in [-0.25, -0.2) is 4.79 Å². The Balaban J connectivity index is 1.73. The zero-order chi connectivity index (χ0) is 21.7. The first-order valence-corrected chi connectivity index (χ1v) is 10.0. The minimum absolute atomic E-state index is 0.0297. The van der Waals surface area contributed by atoms with Gasteiger partial charge in [0.2, 0.25) is 0 Å². The highest BCUT2D eigenvalue weighted by Gasteiger charge is 2.13. The van der Waals surface area contributed by atoms with Crippen LogP contribution in [-0.2, 0) is 13.2 Å². The van der Waals surface area contributed by atoms with E-state index in [-0.39, 0.29) is 17.2 Å². The molecule has 0 spiro atoms. The van der Waals surface area contributed by atoms with Crippen LogP contribution < -0.4 is 14.8 Å². The third-order valence-corrected chi connectivity index (χ3v) is 5.10. The van der Waals surface area contributed by atoms with Crippen molar-refractivity contribution >= 4 is 46.5 Å². The number of nitrogens with one attached hydrogen (secondary N) is 1. The molecule has 5 nitrogen and oxygen atoms in total. The van der Waals surface area contributed by atoms with E-state index in [9.17, 15) is 9.90 Å². The van der Waals surface area contributed by atoms with Gasteiger partial charge in [0.25, 0.3) is 0 Å². The van der Waals surface area contributed by atoms with Gasteiger partial charge in [-0.05, 0) is 53.6 Å². The van der Waals surface area contributed by atoms with E-state index in [0.717, 1.165) is 11.1 Å². The highest BCUT2D eigenvalue weighted by atomic mass is 35.5. The van der Waals surface area contributed by atoms with E-state index in [4.69, 9.17) is 44.3 Å². The summed E-state index contributed by atoms with van der Waals surface area (Å²) < 4.78 is 11.3. The Bertz CT molecular complexity index is 1070. The number of carbonyl (C=O) groups is 1. The Kier molecular flexibility index (Phi) is 7.32. The fourth-order valence-corrected chi connectivity index (χ4v) is 3.50. The van der Waals surface area contributed by atoms with Crippen molar-refractivity contribution < 1.29 is 19.4 Å². The molecule has 0 bridgehead atoms. The SMILES string of the molecule is COc1cc(CNc2ccc(Cl)c(C(=O)O)c2)cc(Cl)c1OCc1cccc(Cl)c1. The normalized spacial score (nSPS) is 10.5. The number of halogens is 3. The monoisotopic (exact) mass is 465 g/mol. The number of carboxylic acids is 1. The van der Waals surface area contributed by atoms with Crippen molar-refractivity contribution in [3.63, 3.8) is 0 Å². The molecule has 0 radical (unpaired) electrons. The van der Waals surface area contributed by atoms with E-state index in [1.165, 1.54) is 19.2 Å². The molecular weight excluding hydrogens is 449 g/mol. The largest absolute Gasteiger partial charge is 0.493 e. The zero-order valence-corrected chi connectivity index (χ0v) is 18.2. The number of aromatic carboxylic acids is 1. The van der Waals surface area contributed by atoms with Gasteiger partial charge in [-0.15, -0.1) is 0 Å². The summed E-state index contributed by atoms with van der Waals surface area (Å²) in [5.74, 6) is -0.166. The third-order valence-electron chi connectivity index (χ3n) is 4.25. The third kappa shape index (κ3) is 5.51. The summed E-state index contributed by atoms with van der Waals surface area (Å²) in [4.78, 5) is 11.2. The van der Waals surface area contributed by atoms with Gasteiger partial charge in [-0.2, -0.15) is 0 Å². The Morgan fingerprint density at radius 3 is 2.50 bits per heavy atom. The van der Waals surface area contributed by atoms with Crippen LogP contribution in [0.4, 0.5) is 5.69 Å². The van der Waals surface area contributed by atoms with Gasteiger partial charge in [0.05, 0.1) is 22.7 Å². The first-order chi connectivity index (χ1) is 14.4. The maximum atomic E-state index is 11.2. The summed E-state index contributed by atoms with van der Waals surface area (Å²) >= 11 is 18.3. The van der Waals surface area contributed by atoms with Gasteiger partial charge in [0.15, 0.2) is 11.5 Å². The highest BCUT2D eigenvalue weighted by molar-refractivity contribution is 6.33. The van der Waals surface area contributed by atoms with Crippen molar-refractivity contribution in [1.29, 1.82) is 0 Å². The molecule has 0 aliphatic heterocycles. The topological polar surface area (TPSA) is 67.8 Å². The van der Waals surface area contributed by atoms with Crippen molar-refractivity contribution in [3.05, 3.63) is 86.4 Å². The molecule has 0 saturated carbocycles. The molecule has 0 heterocycles. The maximum absolute atomic E-state index is 11.2. The van der Waals surface area contributed by atoms with Crippen molar-refractivity contribution in [2.75, 3.05) is 12.4 Å². The van der Waals surface area contributed by atoms with Gasteiger partial charge in [-0.3, -0.25) is 0 Å². The van der Waals surface area contributed by atoms with E-state index in [1.54, 1.807) is 24.3 Å². The number of rotatable bonds is 8. The fraction of sp³-hybridized carbons (Fsp3) is 0.136. The Hall–Kier alpha value is -2.60. The number of anilines is 1. The lowest BCUT2D eigenvalue weighted by molar-refractivity contribution is 0.0697. The summed E-state index contributed by atoms with van der Waals surface area (Å²) in [6.45, 7) is 0.683. The Labute approximate surface area is 189 Å². The van der Waals surface area contributed by atoms with Gasteiger partial charge < -0.3 is 19.9 Å². The van der Waals surface area contributed by atoms with Crippen LogP contribution in [0.25, 0.3) is 0 Å². The molecule has 0 aliphatic carbocycles. The van der Waals surface area contributed by atoms with Crippen molar-refractivity contribution in [3.8, 4) is 11.5 Å². The van der Waals surface area contributed by atoms with E-state index in [1.807, 2.05) is 18.2 Å². The van der Waals surface area contributed by atoms with Crippen LogP contribution in [0.2, 0.25) is 15.1 Å². The number of carboxylic acid groups (broad SMARTS) is 1. The minimum Gasteiger partial charge on any atom is -0.493 e. The maximum Gasteiger partial charge on any atom is 0.337 e. The molecule has 0 amide bonds. The lowest BCUT2D eigenvalue weighted by Crippen LogP contribution is -2.04. The predicted molar refractivity (Wildman–Crippen MR) is 120 cm³/mol. The molecule has 0 aromatic heterocycles. The molecule has 0 atom stereocenters. The predicted octanol–water partition coefficient (Wildman–Crippen LogP) is 6.54. The van der Waals surface area contributed by atoms with Crippen molar-refractivity contribution in [2.45, 2.75) is 13.2 Å². The van der Waals surface area contributed by atoms with Crippen LogP contribution in [0.15, 0.2) is 54.6 Å². The average Bonchev–Trinajstić information content (AvgIpc) is 2.71. The van der Waals surface area contributed by atoms with E-state index in [2.05, 4.69) is 5.32 Å². The summed E-state index contributed by atoms with van der Waals surface area (Å²) in [5, 5.41) is 13.6. The van der Waals surface area contributed by atoms with E-state index >= 15 is 0 Å². The highest BCUT2D eigenvalue weighted by Crippen LogP contribution is 2.37. The molecule has 3 aromatic carbocycles. The molecule has 0 fully saturated rings. The van der Waals surface area contributed by atoms with Crippen LogP contribution in [0.3, 0.4) is 0 Å². The molecule has 30 heavy (non-hydrogen) atoms. The number of ether oxygens (including phenoxy) is 2. The van der Waals surface area contributed by atoms with Crippen LogP contribution in [0, 0.1) is 0 Å². The summed E-state index contributed by atoms with van der Waals surface area (Å²) in [7, 11) is 1.54. The van der Waals surface area contributed by atoms with Crippen LogP contribution in [-0.4, -0.2) is 18.2 Å². The van der Waals surface area contributed by atoms with Gasteiger partial charge in [-0.1, -0.05) is 46.9 Å². The first kappa shape index (κ1) is 22.1. The second-order valence-electron chi connectivity index (χ2n) is 6.38. The molecule has 3 aromatic rings. The van der Waals surface area contributed by atoms with E-state index in [0.29, 0.717) is 33.8 Å². The second kappa shape index (κ2) is 9.94. The summed E-state index contributed by atoms with van der Waals surface area (Å²) in [5.41, 5.74) is 2.39. The molecular formula is C22H18Cl3NO4. The smallest absolute Gasteiger partial charge is 0.337 e. The zero-order valence-electron chi connectivity index (χ0n) is 15.9. The molecule has 2 N–H and O–H groups in total. The Morgan fingerprint density at radius 1 is 1.00 bits per heavy atom. The number of hydrogen-bond acceptors (Lipinski definition) is 4. The molecule has 0 unspecified atom stereocenters. The Morgan fingerprint density at radius 2 is 1.80 bits per heavy atom. The molecule has 0 saturated heterocycles. The van der Waals surface area contributed by atoms with Gasteiger partial charge >= 0.3 is 5.97 Å². The molecule has 8 heteroatoms. The summed E-state index contributed by atoms with van der Waals surface area (Å²) in [6, 6.07) is 15.6. The lowest BCUT2D eigenvalue weighted by atomic mass is 10.1. The van der Waals surface area contributed by atoms with Crippen LogP contribution in [0.1, 0.15) is 21.5 Å².